The lowest BCUT2D eigenvalue weighted by atomic mass is 9.73. The summed E-state index contributed by atoms with van der Waals surface area (Å²) in [5, 5.41) is 8.81. The predicted octanol–water partition coefficient (Wildman–Crippen LogP) is 5.43. The van der Waals surface area contributed by atoms with Crippen LogP contribution in [0.2, 0.25) is 0 Å². The van der Waals surface area contributed by atoms with Crippen molar-refractivity contribution in [1.82, 2.24) is 0 Å². The van der Waals surface area contributed by atoms with Gasteiger partial charge in [0.2, 0.25) is 0 Å². The number of halogens is 4. The third-order valence-corrected chi connectivity index (χ3v) is 7.31. The maximum Gasteiger partial charge on any atom is 0.315 e. The Morgan fingerprint density at radius 1 is 0.828 bits per heavy atom. The van der Waals surface area contributed by atoms with Gasteiger partial charge in [-0.15, -0.1) is 0 Å². The zero-order valence-corrected chi connectivity index (χ0v) is 16.9. The average Bonchev–Trinajstić information content (AvgIpc) is 2.80. The molecule has 3 rings (SSSR count). The maximum atomic E-state index is 15.0. The van der Waals surface area contributed by atoms with Crippen LogP contribution in [-0.2, 0) is 9.53 Å². The van der Waals surface area contributed by atoms with E-state index in [-0.39, 0.29) is 31.6 Å². The number of esters is 1. The second kappa shape index (κ2) is 9.66. The first-order chi connectivity index (χ1) is 13.8. The number of nitriles is 1. The molecule has 3 aliphatic carbocycles. The van der Waals surface area contributed by atoms with Crippen molar-refractivity contribution in [3.63, 3.8) is 0 Å². The van der Waals surface area contributed by atoms with Gasteiger partial charge in [0.25, 0.3) is 0 Å². The van der Waals surface area contributed by atoms with Crippen LogP contribution in [0.3, 0.4) is 0 Å². The molecule has 0 N–H and O–H groups in total. The summed E-state index contributed by atoms with van der Waals surface area (Å²) in [5.74, 6) is -2.86. The summed E-state index contributed by atoms with van der Waals surface area (Å²) in [5.41, 5.74) is 0. The first kappa shape index (κ1) is 22.4. The number of hydrogen-bond acceptors (Lipinski definition) is 3. The third-order valence-electron chi connectivity index (χ3n) is 7.31. The Morgan fingerprint density at radius 3 is 2.00 bits per heavy atom. The van der Waals surface area contributed by atoms with Crippen molar-refractivity contribution >= 4 is 5.97 Å². The summed E-state index contributed by atoms with van der Waals surface area (Å²) in [6, 6.07) is 1.59. The number of carbonyl (C=O) groups excluding carboxylic acids is 1. The molecule has 0 saturated heterocycles. The van der Waals surface area contributed by atoms with Crippen LogP contribution in [0.15, 0.2) is 0 Å². The average molecular weight is 417 g/mol. The number of hydrogen-bond donors (Lipinski definition) is 0. The zero-order valence-electron chi connectivity index (χ0n) is 16.9. The molecule has 0 heterocycles. The van der Waals surface area contributed by atoms with Gasteiger partial charge in [0, 0.05) is 12.8 Å². The minimum atomic E-state index is -1.75. The molecule has 0 bridgehead atoms. The van der Waals surface area contributed by atoms with Gasteiger partial charge in [0.1, 0.15) is 42.6 Å². The molecule has 3 saturated carbocycles. The van der Waals surface area contributed by atoms with Crippen molar-refractivity contribution in [3.05, 3.63) is 0 Å². The Morgan fingerprint density at radius 2 is 1.41 bits per heavy atom. The summed E-state index contributed by atoms with van der Waals surface area (Å²) in [6.45, 7) is 2.21. The van der Waals surface area contributed by atoms with Crippen LogP contribution in [0.4, 0.5) is 17.6 Å². The molecular formula is C22H31F4NO2. The number of rotatable bonds is 3. The highest BCUT2D eigenvalue weighted by Gasteiger charge is 2.46. The lowest BCUT2D eigenvalue weighted by Crippen LogP contribution is -2.42. The Kier molecular flexibility index (Phi) is 7.45. The second-order valence-electron chi connectivity index (χ2n) is 9.37. The Hall–Kier alpha value is -1.32. The van der Waals surface area contributed by atoms with E-state index in [0.717, 1.165) is 25.7 Å². The van der Waals surface area contributed by atoms with E-state index >= 15 is 0 Å². The molecule has 0 aromatic heterocycles. The molecule has 3 fully saturated rings. The van der Waals surface area contributed by atoms with Gasteiger partial charge in [0.15, 0.2) is 0 Å². The molecule has 29 heavy (non-hydrogen) atoms. The lowest BCUT2D eigenvalue weighted by Gasteiger charge is -2.33. The topological polar surface area (TPSA) is 50.1 Å². The van der Waals surface area contributed by atoms with Gasteiger partial charge in [-0.25, -0.2) is 17.6 Å². The number of carbonyl (C=O) groups is 1. The fraction of sp³-hybridized carbons (Fsp3) is 0.909. The molecule has 6 unspecified atom stereocenters. The standard InChI is InChI=1S/C22H31F4NO2/c1-12-2-4-13(5-3-12)14-6-7-17(23)21(20(26)8-14)22(28)29-15-9-18(24)16(11-27)19(25)10-15/h12-21H,2-10H2,1H3. The van der Waals surface area contributed by atoms with Crippen LogP contribution >= 0.6 is 0 Å². The van der Waals surface area contributed by atoms with Crippen LogP contribution < -0.4 is 0 Å². The van der Waals surface area contributed by atoms with E-state index in [0.29, 0.717) is 18.3 Å². The Bertz CT molecular complexity index is 592. The van der Waals surface area contributed by atoms with E-state index in [1.165, 1.54) is 0 Å². The number of ether oxygens (including phenoxy) is 1. The van der Waals surface area contributed by atoms with E-state index < -0.39 is 48.6 Å². The molecule has 0 aliphatic heterocycles. The smallest absolute Gasteiger partial charge is 0.315 e. The van der Waals surface area contributed by atoms with Crippen LogP contribution in [0, 0.1) is 40.9 Å². The minimum Gasteiger partial charge on any atom is -0.462 e. The molecule has 3 aliphatic rings. The molecule has 0 spiro atoms. The van der Waals surface area contributed by atoms with Crippen molar-refractivity contribution in [2.75, 3.05) is 0 Å². The lowest BCUT2D eigenvalue weighted by molar-refractivity contribution is -0.163. The first-order valence-corrected chi connectivity index (χ1v) is 11.0. The molecule has 0 radical (unpaired) electrons. The Balaban J connectivity index is 1.59. The van der Waals surface area contributed by atoms with E-state index in [4.69, 9.17) is 10.00 Å². The van der Waals surface area contributed by atoms with Gasteiger partial charge >= 0.3 is 5.97 Å². The maximum absolute atomic E-state index is 15.0. The van der Waals surface area contributed by atoms with Gasteiger partial charge < -0.3 is 4.74 Å². The van der Waals surface area contributed by atoms with Crippen molar-refractivity contribution in [2.24, 2.45) is 29.6 Å². The number of nitrogens with zero attached hydrogens (tertiary/aromatic N) is 1. The summed E-state index contributed by atoms with van der Waals surface area (Å²) < 4.78 is 62.7. The van der Waals surface area contributed by atoms with Crippen LogP contribution in [0.25, 0.3) is 0 Å². The molecule has 7 heteroatoms. The second-order valence-corrected chi connectivity index (χ2v) is 9.37. The third kappa shape index (κ3) is 5.24. The zero-order chi connectivity index (χ0) is 21.1. The van der Waals surface area contributed by atoms with Crippen LogP contribution in [-0.4, -0.2) is 36.8 Å². The van der Waals surface area contributed by atoms with Gasteiger partial charge in [-0.2, -0.15) is 5.26 Å². The fourth-order valence-electron chi connectivity index (χ4n) is 5.43. The van der Waals surface area contributed by atoms with E-state index in [2.05, 4.69) is 6.92 Å². The SMILES string of the molecule is CC1CCC(C2CCC(F)C(C(=O)OC3CC(F)C(C#N)C(F)C3)C(F)C2)CC1. The fourth-order valence-corrected chi connectivity index (χ4v) is 5.43. The molecular weight excluding hydrogens is 386 g/mol. The van der Waals surface area contributed by atoms with E-state index in [1.807, 2.05) is 0 Å². The summed E-state index contributed by atoms with van der Waals surface area (Å²) >= 11 is 0. The molecule has 3 nitrogen and oxygen atoms in total. The van der Waals surface area contributed by atoms with Crippen molar-refractivity contribution < 1.29 is 27.1 Å². The van der Waals surface area contributed by atoms with Crippen molar-refractivity contribution in [1.29, 1.82) is 5.26 Å². The molecule has 0 aromatic carbocycles. The monoisotopic (exact) mass is 417 g/mol. The quantitative estimate of drug-likeness (QED) is 0.350. The van der Waals surface area contributed by atoms with Gasteiger partial charge in [-0.1, -0.05) is 19.8 Å². The van der Waals surface area contributed by atoms with Gasteiger partial charge in [-0.05, 0) is 49.9 Å². The molecule has 0 aromatic rings. The van der Waals surface area contributed by atoms with Crippen LogP contribution in [0.1, 0.15) is 64.7 Å². The van der Waals surface area contributed by atoms with Crippen LogP contribution in [0.5, 0.6) is 0 Å². The largest absolute Gasteiger partial charge is 0.462 e. The minimum absolute atomic E-state index is 0.0602. The summed E-state index contributed by atoms with van der Waals surface area (Å²) in [6.07, 6.45) is -3.49. The highest BCUT2D eigenvalue weighted by atomic mass is 19.2. The van der Waals surface area contributed by atoms with E-state index in [1.54, 1.807) is 6.07 Å². The van der Waals surface area contributed by atoms with Gasteiger partial charge in [0.05, 0.1) is 6.07 Å². The molecule has 164 valence electrons. The predicted molar refractivity (Wildman–Crippen MR) is 99.8 cm³/mol. The van der Waals surface area contributed by atoms with Crippen molar-refractivity contribution in [2.45, 2.75) is 95.5 Å². The summed E-state index contributed by atoms with van der Waals surface area (Å²) in [7, 11) is 0. The molecule has 6 atom stereocenters. The summed E-state index contributed by atoms with van der Waals surface area (Å²) in [4.78, 5) is 12.5. The molecule has 0 amide bonds. The van der Waals surface area contributed by atoms with Gasteiger partial charge in [-0.3, -0.25) is 4.79 Å². The number of alkyl halides is 4. The first-order valence-electron chi connectivity index (χ1n) is 11.0. The Labute approximate surface area is 170 Å². The highest BCUT2D eigenvalue weighted by molar-refractivity contribution is 5.74. The highest BCUT2D eigenvalue weighted by Crippen LogP contribution is 2.42. The van der Waals surface area contributed by atoms with Crippen molar-refractivity contribution in [3.8, 4) is 6.07 Å². The van der Waals surface area contributed by atoms with E-state index in [9.17, 15) is 22.4 Å². The normalized spacial score (nSPS) is 46.3.